The molecule has 0 aromatic heterocycles. The lowest BCUT2D eigenvalue weighted by atomic mass is 10.1. The number of oxime groups is 1. The minimum absolute atomic E-state index is 0.0278. The number of rotatable bonds is 4. The van der Waals surface area contributed by atoms with Gasteiger partial charge in [0.1, 0.15) is 11.0 Å². The van der Waals surface area contributed by atoms with Crippen LogP contribution in [0.25, 0.3) is 0 Å². The van der Waals surface area contributed by atoms with Gasteiger partial charge in [-0.05, 0) is 6.92 Å². The predicted octanol–water partition coefficient (Wildman–Crippen LogP) is 1.69. The molecule has 1 N–H and O–H groups in total. The summed E-state index contributed by atoms with van der Waals surface area (Å²) in [5, 5.41) is 11.2. The van der Waals surface area contributed by atoms with Gasteiger partial charge in [0, 0.05) is 11.3 Å². The first kappa shape index (κ1) is 12.7. The molecule has 5 heteroatoms. The standard InChI is InChI=1S/C11H15NO3S/c1-3-16(14,15)9(2)11(12-13)10-7-5-4-6-8-10/h4-9,13H,3H2,1-2H3/b12-11+/t9-/m0/s1. The normalized spacial score (nSPS) is 14.8. The number of hydrogen-bond acceptors (Lipinski definition) is 4. The second-order valence-corrected chi connectivity index (χ2v) is 6.06. The van der Waals surface area contributed by atoms with E-state index in [1.54, 1.807) is 31.2 Å². The molecule has 0 spiro atoms. The minimum Gasteiger partial charge on any atom is -0.411 e. The zero-order valence-electron chi connectivity index (χ0n) is 9.29. The van der Waals surface area contributed by atoms with E-state index in [0.29, 0.717) is 5.56 Å². The van der Waals surface area contributed by atoms with Crippen LogP contribution >= 0.6 is 0 Å². The van der Waals surface area contributed by atoms with Crippen molar-refractivity contribution in [2.24, 2.45) is 5.16 Å². The molecular formula is C11H15NO3S. The fourth-order valence-corrected chi connectivity index (χ4v) is 2.43. The summed E-state index contributed by atoms with van der Waals surface area (Å²) in [6.45, 7) is 3.10. The molecule has 88 valence electrons. The molecule has 4 nitrogen and oxygen atoms in total. The van der Waals surface area contributed by atoms with Gasteiger partial charge in [-0.1, -0.05) is 42.4 Å². The largest absolute Gasteiger partial charge is 0.411 e. The summed E-state index contributed by atoms with van der Waals surface area (Å²) in [5.74, 6) is 0.0278. The Morgan fingerprint density at radius 2 is 1.94 bits per heavy atom. The fraction of sp³-hybridized carbons (Fsp3) is 0.364. The fourth-order valence-electron chi connectivity index (χ4n) is 1.40. The Morgan fingerprint density at radius 1 is 1.38 bits per heavy atom. The van der Waals surface area contributed by atoms with Gasteiger partial charge in [0.15, 0.2) is 9.84 Å². The van der Waals surface area contributed by atoms with Gasteiger partial charge < -0.3 is 5.21 Å². The van der Waals surface area contributed by atoms with Gasteiger partial charge in [0.25, 0.3) is 0 Å². The third-order valence-corrected chi connectivity index (χ3v) is 4.61. The van der Waals surface area contributed by atoms with Crippen LogP contribution in [0.5, 0.6) is 0 Å². The predicted molar refractivity (Wildman–Crippen MR) is 63.7 cm³/mol. The van der Waals surface area contributed by atoms with Crippen LogP contribution in [-0.2, 0) is 9.84 Å². The summed E-state index contributed by atoms with van der Waals surface area (Å²) in [7, 11) is -3.25. The van der Waals surface area contributed by atoms with Crippen LogP contribution in [0.3, 0.4) is 0 Å². The van der Waals surface area contributed by atoms with Crippen molar-refractivity contribution in [3.8, 4) is 0 Å². The maximum Gasteiger partial charge on any atom is 0.158 e. The highest BCUT2D eigenvalue weighted by Crippen LogP contribution is 2.11. The number of sulfone groups is 1. The Hall–Kier alpha value is -1.36. The van der Waals surface area contributed by atoms with Gasteiger partial charge in [0.05, 0.1) is 0 Å². The summed E-state index contributed by atoms with van der Waals surface area (Å²) in [6.07, 6.45) is 0. The van der Waals surface area contributed by atoms with Crippen molar-refractivity contribution >= 4 is 15.5 Å². The molecule has 0 saturated carbocycles. The van der Waals surface area contributed by atoms with Crippen LogP contribution in [0.15, 0.2) is 35.5 Å². The summed E-state index contributed by atoms with van der Waals surface area (Å²) in [5.41, 5.74) is 0.803. The van der Waals surface area contributed by atoms with Crippen LogP contribution in [0, 0.1) is 0 Å². The van der Waals surface area contributed by atoms with E-state index in [0.717, 1.165) is 0 Å². The molecule has 0 fully saturated rings. The van der Waals surface area contributed by atoms with E-state index in [4.69, 9.17) is 5.21 Å². The lowest BCUT2D eigenvalue weighted by Crippen LogP contribution is -2.29. The maximum absolute atomic E-state index is 11.7. The molecule has 0 radical (unpaired) electrons. The molecule has 0 aliphatic rings. The monoisotopic (exact) mass is 241 g/mol. The Balaban J connectivity index is 3.12. The van der Waals surface area contributed by atoms with E-state index in [9.17, 15) is 8.42 Å². The minimum atomic E-state index is -3.25. The Bertz CT molecular complexity index is 465. The summed E-state index contributed by atoms with van der Waals surface area (Å²) in [4.78, 5) is 0. The molecule has 0 bridgehead atoms. The highest BCUT2D eigenvalue weighted by atomic mass is 32.2. The smallest absolute Gasteiger partial charge is 0.158 e. The molecule has 0 unspecified atom stereocenters. The molecule has 0 aliphatic carbocycles. The summed E-state index contributed by atoms with van der Waals surface area (Å²) < 4.78 is 23.4. The highest BCUT2D eigenvalue weighted by Gasteiger charge is 2.25. The van der Waals surface area contributed by atoms with Gasteiger partial charge in [-0.2, -0.15) is 0 Å². The van der Waals surface area contributed by atoms with Crippen molar-refractivity contribution in [2.45, 2.75) is 19.1 Å². The number of hydrogen-bond donors (Lipinski definition) is 1. The SMILES string of the molecule is CCS(=O)(=O)[C@@H](C)/C(=N\O)c1ccccc1. The average molecular weight is 241 g/mol. The van der Waals surface area contributed by atoms with Gasteiger partial charge in [-0.3, -0.25) is 0 Å². The van der Waals surface area contributed by atoms with Crippen molar-refractivity contribution < 1.29 is 13.6 Å². The second-order valence-electron chi connectivity index (χ2n) is 3.45. The maximum atomic E-state index is 11.7. The quantitative estimate of drug-likeness (QED) is 0.495. The lowest BCUT2D eigenvalue weighted by molar-refractivity contribution is 0.318. The number of benzene rings is 1. The van der Waals surface area contributed by atoms with E-state index >= 15 is 0 Å². The van der Waals surface area contributed by atoms with Gasteiger partial charge >= 0.3 is 0 Å². The van der Waals surface area contributed by atoms with Gasteiger partial charge in [-0.25, -0.2) is 8.42 Å². The molecule has 1 aromatic carbocycles. The van der Waals surface area contributed by atoms with Crippen LogP contribution in [-0.4, -0.2) is 30.3 Å². The molecule has 16 heavy (non-hydrogen) atoms. The first-order valence-corrected chi connectivity index (χ1v) is 6.73. The van der Waals surface area contributed by atoms with E-state index in [1.165, 1.54) is 6.92 Å². The van der Waals surface area contributed by atoms with E-state index in [-0.39, 0.29) is 11.5 Å². The third kappa shape index (κ3) is 2.61. The van der Waals surface area contributed by atoms with E-state index < -0.39 is 15.1 Å². The molecule has 1 atom stereocenters. The topological polar surface area (TPSA) is 66.7 Å². The van der Waals surface area contributed by atoms with E-state index in [1.807, 2.05) is 6.07 Å². The lowest BCUT2D eigenvalue weighted by Gasteiger charge is -2.13. The average Bonchev–Trinajstić information content (AvgIpc) is 2.31. The molecule has 1 rings (SSSR count). The van der Waals surface area contributed by atoms with E-state index in [2.05, 4.69) is 5.16 Å². The van der Waals surface area contributed by atoms with Crippen LogP contribution in [0.1, 0.15) is 19.4 Å². The first-order valence-electron chi connectivity index (χ1n) is 5.02. The van der Waals surface area contributed by atoms with Gasteiger partial charge in [0.2, 0.25) is 0 Å². The first-order chi connectivity index (χ1) is 7.53. The molecule has 0 amide bonds. The summed E-state index contributed by atoms with van der Waals surface area (Å²) >= 11 is 0. The second kappa shape index (κ2) is 5.12. The Labute approximate surface area is 95.5 Å². The van der Waals surface area contributed by atoms with Crippen molar-refractivity contribution in [3.63, 3.8) is 0 Å². The molecule has 0 heterocycles. The number of nitrogens with zero attached hydrogens (tertiary/aromatic N) is 1. The third-order valence-electron chi connectivity index (χ3n) is 2.50. The molecule has 0 saturated heterocycles. The summed E-state index contributed by atoms with van der Waals surface area (Å²) in [6, 6.07) is 8.79. The van der Waals surface area contributed by atoms with Crippen LogP contribution in [0.2, 0.25) is 0 Å². The van der Waals surface area contributed by atoms with Crippen LogP contribution in [0.4, 0.5) is 0 Å². The van der Waals surface area contributed by atoms with Gasteiger partial charge in [-0.15, -0.1) is 0 Å². The highest BCUT2D eigenvalue weighted by molar-refractivity contribution is 7.92. The zero-order valence-corrected chi connectivity index (χ0v) is 10.1. The Morgan fingerprint density at radius 3 is 2.38 bits per heavy atom. The molecule has 1 aromatic rings. The zero-order chi connectivity index (χ0) is 12.2. The van der Waals surface area contributed by atoms with Crippen molar-refractivity contribution in [1.29, 1.82) is 0 Å². The van der Waals surface area contributed by atoms with Crippen molar-refractivity contribution in [3.05, 3.63) is 35.9 Å². The van der Waals surface area contributed by atoms with Crippen LogP contribution < -0.4 is 0 Å². The Kier molecular flexibility index (Phi) is 4.06. The van der Waals surface area contributed by atoms with Crippen molar-refractivity contribution in [2.75, 3.05) is 5.75 Å². The molecular weight excluding hydrogens is 226 g/mol. The van der Waals surface area contributed by atoms with Crippen molar-refractivity contribution in [1.82, 2.24) is 0 Å². The molecule has 0 aliphatic heterocycles.